The number of hydrogen-bond donors (Lipinski definition) is 0. The lowest BCUT2D eigenvalue weighted by Gasteiger charge is -2.32. The Kier molecular flexibility index (Phi) is 4.47. The summed E-state index contributed by atoms with van der Waals surface area (Å²) in [6, 6.07) is 28.3. The van der Waals surface area contributed by atoms with Crippen LogP contribution in [-0.4, -0.2) is 11.6 Å². The number of anilines is 2. The highest BCUT2D eigenvalue weighted by atomic mass is 16.1. The van der Waals surface area contributed by atoms with E-state index in [1.165, 1.54) is 5.56 Å². The molecule has 0 N–H and O–H groups in total. The molecule has 0 saturated heterocycles. The summed E-state index contributed by atoms with van der Waals surface area (Å²) in [6.07, 6.45) is -0.227. The minimum Gasteiger partial charge on any atom is -0.295 e. The van der Waals surface area contributed by atoms with E-state index in [1.54, 1.807) is 6.92 Å². The fourth-order valence-electron chi connectivity index (χ4n) is 3.33. The van der Waals surface area contributed by atoms with Crippen LogP contribution >= 0.6 is 0 Å². The van der Waals surface area contributed by atoms with Gasteiger partial charge in [0.1, 0.15) is 0 Å². The molecule has 0 saturated carbocycles. The number of aryl methyl sites for hydroxylation is 1. The largest absolute Gasteiger partial charge is 0.295 e. The average Bonchev–Trinajstić information content (AvgIpc) is 3.11. The van der Waals surface area contributed by atoms with Crippen molar-refractivity contribution in [3.63, 3.8) is 0 Å². The highest BCUT2D eigenvalue weighted by Crippen LogP contribution is 2.38. The maximum Gasteiger partial charge on any atom is 0.198 e. The number of nitrogens with zero attached hydrogens (tertiary/aromatic N) is 3. The normalized spacial score (nSPS) is 16.4. The number of ketones is 1. The second-order valence-electron chi connectivity index (χ2n) is 6.65. The third kappa shape index (κ3) is 3.22. The molecule has 0 bridgehead atoms. The van der Waals surface area contributed by atoms with Gasteiger partial charge in [-0.25, -0.2) is 5.01 Å². The van der Waals surface area contributed by atoms with Crippen molar-refractivity contribution in [3.05, 3.63) is 96.1 Å². The fourth-order valence-corrected chi connectivity index (χ4v) is 3.33. The first-order chi connectivity index (χ1) is 13.1. The molecule has 27 heavy (non-hydrogen) atoms. The van der Waals surface area contributed by atoms with Crippen LogP contribution in [0.15, 0.2) is 90.0 Å². The summed E-state index contributed by atoms with van der Waals surface area (Å²) in [5.74, 6) is 0.381. The highest BCUT2D eigenvalue weighted by Gasteiger charge is 2.38. The van der Waals surface area contributed by atoms with Crippen LogP contribution in [0.1, 0.15) is 24.2 Å². The Morgan fingerprint density at radius 2 is 1.41 bits per heavy atom. The number of carbonyl (C=O) groups excluding carboxylic acids is 1. The number of hydrazone groups is 1. The molecule has 3 aromatic rings. The lowest BCUT2D eigenvalue weighted by atomic mass is 10.1. The average molecular weight is 355 g/mol. The molecule has 0 amide bonds. The summed E-state index contributed by atoms with van der Waals surface area (Å²) >= 11 is 0. The van der Waals surface area contributed by atoms with Crippen LogP contribution in [0.4, 0.5) is 11.4 Å². The smallest absolute Gasteiger partial charge is 0.198 e. The van der Waals surface area contributed by atoms with Gasteiger partial charge in [0, 0.05) is 12.6 Å². The first kappa shape index (κ1) is 17.0. The van der Waals surface area contributed by atoms with Crippen LogP contribution in [0.25, 0.3) is 0 Å². The molecule has 0 spiro atoms. The second kappa shape index (κ2) is 7.08. The van der Waals surface area contributed by atoms with Crippen LogP contribution in [0.5, 0.6) is 0 Å². The quantitative estimate of drug-likeness (QED) is 0.666. The van der Waals surface area contributed by atoms with Crippen LogP contribution in [0.2, 0.25) is 0 Å². The zero-order valence-corrected chi connectivity index (χ0v) is 15.4. The van der Waals surface area contributed by atoms with E-state index in [1.807, 2.05) is 70.6 Å². The monoisotopic (exact) mass is 355 g/mol. The molecule has 4 heteroatoms. The first-order valence-electron chi connectivity index (χ1n) is 9.00. The van der Waals surface area contributed by atoms with Gasteiger partial charge >= 0.3 is 0 Å². The van der Waals surface area contributed by atoms with E-state index in [-0.39, 0.29) is 11.9 Å². The van der Waals surface area contributed by atoms with Crippen molar-refractivity contribution in [2.45, 2.75) is 20.0 Å². The Bertz CT molecular complexity index is 966. The molecule has 1 aliphatic heterocycles. The fraction of sp³-hybridized carbons (Fsp3) is 0.130. The summed E-state index contributed by atoms with van der Waals surface area (Å²) in [5.41, 5.74) is 4.14. The van der Waals surface area contributed by atoms with Crippen LogP contribution in [0.3, 0.4) is 0 Å². The molecule has 134 valence electrons. The molecular weight excluding hydrogens is 334 g/mol. The van der Waals surface area contributed by atoms with E-state index < -0.39 is 0 Å². The second-order valence-corrected chi connectivity index (χ2v) is 6.65. The molecule has 1 aliphatic rings. The van der Waals surface area contributed by atoms with Gasteiger partial charge in [0.25, 0.3) is 0 Å². The van der Waals surface area contributed by atoms with E-state index in [4.69, 9.17) is 5.10 Å². The van der Waals surface area contributed by atoms with Gasteiger partial charge in [-0.05, 0) is 36.8 Å². The summed E-state index contributed by atoms with van der Waals surface area (Å²) in [6.45, 7) is 3.62. The van der Waals surface area contributed by atoms with Gasteiger partial charge in [-0.15, -0.1) is 5.10 Å². The summed E-state index contributed by atoms with van der Waals surface area (Å²) in [5, 5.41) is 6.64. The summed E-state index contributed by atoms with van der Waals surface area (Å²) < 4.78 is 0. The van der Waals surface area contributed by atoms with Crippen molar-refractivity contribution < 1.29 is 4.79 Å². The minimum atomic E-state index is -0.227. The molecule has 0 unspecified atom stereocenters. The number of benzene rings is 3. The minimum absolute atomic E-state index is 0.0602. The molecule has 0 fully saturated rings. The number of rotatable bonds is 4. The van der Waals surface area contributed by atoms with E-state index in [0.717, 1.165) is 16.9 Å². The third-order valence-corrected chi connectivity index (χ3v) is 4.65. The lowest BCUT2D eigenvalue weighted by Crippen LogP contribution is -2.37. The topological polar surface area (TPSA) is 35.9 Å². The molecule has 1 atom stereocenters. The Labute approximate surface area is 159 Å². The van der Waals surface area contributed by atoms with E-state index in [9.17, 15) is 4.79 Å². The van der Waals surface area contributed by atoms with Crippen molar-refractivity contribution in [1.29, 1.82) is 0 Å². The van der Waals surface area contributed by atoms with Gasteiger partial charge in [0.2, 0.25) is 0 Å². The van der Waals surface area contributed by atoms with Crippen molar-refractivity contribution in [1.82, 2.24) is 0 Å². The first-order valence-corrected chi connectivity index (χ1v) is 9.00. The predicted molar refractivity (Wildman–Crippen MR) is 110 cm³/mol. The maximum atomic E-state index is 12.5. The number of carbonyl (C=O) groups is 1. The molecule has 1 heterocycles. The van der Waals surface area contributed by atoms with Crippen LogP contribution < -0.4 is 9.91 Å². The van der Waals surface area contributed by atoms with Crippen molar-refractivity contribution >= 4 is 23.0 Å². The van der Waals surface area contributed by atoms with Crippen molar-refractivity contribution in [3.8, 4) is 0 Å². The zero-order chi connectivity index (χ0) is 18.8. The van der Waals surface area contributed by atoms with E-state index >= 15 is 0 Å². The Hall–Kier alpha value is -3.40. The highest BCUT2D eigenvalue weighted by molar-refractivity contribution is 6.44. The lowest BCUT2D eigenvalue weighted by molar-refractivity contribution is -0.111. The Morgan fingerprint density at radius 1 is 0.815 bits per heavy atom. The van der Waals surface area contributed by atoms with Gasteiger partial charge in [-0.1, -0.05) is 66.2 Å². The molecule has 0 aromatic heterocycles. The Morgan fingerprint density at radius 3 is 2.00 bits per heavy atom. The number of Topliss-reactive ketones (excluding diaryl/α,β-unsaturated/α-hetero) is 1. The SMILES string of the molecule is CC(=O)C1=NN(c2ccccc2)[C@H](c2ccccc2)N1c1ccc(C)cc1. The number of hydrogen-bond acceptors (Lipinski definition) is 4. The molecule has 4 rings (SSSR count). The van der Waals surface area contributed by atoms with E-state index in [2.05, 4.69) is 31.2 Å². The van der Waals surface area contributed by atoms with Crippen LogP contribution in [0, 0.1) is 6.92 Å². The van der Waals surface area contributed by atoms with E-state index in [0.29, 0.717) is 5.84 Å². The van der Waals surface area contributed by atoms with Crippen molar-refractivity contribution in [2.75, 3.05) is 9.91 Å². The van der Waals surface area contributed by atoms with Gasteiger partial charge in [0.15, 0.2) is 17.8 Å². The molecule has 4 nitrogen and oxygen atoms in total. The maximum absolute atomic E-state index is 12.5. The van der Waals surface area contributed by atoms with Crippen molar-refractivity contribution in [2.24, 2.45) is 5.10 Å². The van der Waals surface area contributed by atoms with Gasteiger partial charge in [0.05, 0.1) is 5.69 Å². The van der Waals surface area contributed by atoms with Gasteiger partial charge < -0.3 is 0 Å². The summed E-state index contributed by atoms with van der Waals surface area (Å²) in [4.78, 5) is 14.5. The van der Waals surface area contributed by atoms with Crippen LogP contribution in [-0.2, 0) is 4.79 Å². The Balaban J connectivity index is 1.89. The molecule has 0 aliphatic carbocycles. The zero-order valence-electron chi connectivity index (χ0n) is 15.4. The number of amidine groups is 1. The third-order valence-electron chi connectivity index (χ3n) is 4.65. The van der Waals surface area contributed by atoms with Gasteiger partial charge in [-0.2, -0.15) is 0 Å². The standard InChI is InChI=1S/C23H21N3O/c1-17-13-15-20(16-14-17)25-22(18(2)27)24-26(21-11-7-4-8-12-21)23(25)19-9-5-3-6-10-19/h3-16,23H,1-2H3/t23-/m1/s1. The number of para-hydroxylation sites is 1. The van der Waals surface area contributed by atoms with Gasteiger partial charge in [-0.3, -0.25) is 9.69 Å². The summed E-state index contributed by atoms with van der Waals surface area (Å²) in [7, 11) is 0. The predicted octanol–water partition coefficient (Wildman–Crippen LogP) is 4.92. The molecular formula is C23H21N3O. The molecule has 0 radical (unpaired) electrons. The molecule has 3 aromatic carbocycles.